The van der Waals surface area contributed by atoms with Crippen molar-refractivity contribution in [1.82, 2.24) is 10.2 Å². The van der Waals surface area contributed by atoms with Gasteiger partial charge in [-0.3, -0.25) is 13.9 Å². The number of ether oxygens (including phenoxy) is 1. The molecule has 0 radical (unpaired) electrons. The van der Waals surface area contributed by atoms with Gasteiger partial charge in [-0.05, 0) is 79.8 Å². The van der Waals surface area contributed by atoms with Crippen molar-refractivity contribution in [3.63, 3.8) is 0 Å². The van der Waals surface area contributed by atoms with E-state index < -0.39 is 28.5 Å². The Labute approximate surface area is 273 Å². The highest BCUT2D eigenvalue weighted by atomic mass is 32.2. The second-order valence-electron chi connectivity index (χ2n) is 11.4. The van der Waals surface area contributed by atoms with E-state index in [9.17, 15) is 18.0 Å². The van der Waals surface area contributed by atoms with Crippen LogP contribution in [-0.4, -0.2) is 50.9 Å². The summed E-state index contributed by atoms with van der Waals surface area (Å²) in [5.74, 6) is -0.209. The molecule has 4 aromatic rings. The van der Waals surface area contributed by atoms with Gasteiger partial charge in [-0.15, -0.1) is 0 Å². The van der Waals surface area contributed by atoms with Crippen molar-refractivity contribution in [2.45, 2.75) is 64.1 Å². The average molecular weight is 642 g/mol. The fourth-order valence-electron chi connectivity index (χ4n) is 5.20. The molecule has 0 aliphatic heterocycles. The maximum Gasteiger partial charge on any atom is 0.264 e. The number of anilines is 1. The van der Waals surface area contributed by atoms with Crippen LogP contribution in [0, 0.1) is 13.8 Å². The maximum atomic E-state index is 14.7. The topological polar surface area (TPSA) is 96.0 Å². The van der Waals surface area contributed by atoms with Crippen LogP contribution in [0.4, 0.5) is 5.69 Å². The van der Waals surface area contributed by atoms with E-state index in [2.05, 4.69) is 5.32 Å². The molecule has 1 N–H and O–H groups in total. The van der Waals surface area contributed by atoms with Crippen LogP contribution in [0.5, 0.6) is 5.75 Å². The van der Waals surface area contributed by atoms with E-state index in [1.54, 1.807) is 43.5 Å². The smallest absolute Gasteiger partial charge is 0.264 e. The van der Waals surface area contributed by atoms with E-state index in [1.807, 2.05) is 82.3 Å². The Balaban J connectivity index is 1.84. The van der Waals surface area contributed by atoms with E-state index in [0.29, 0.717) is 17.9 Å². The van der Waals surface area contributed by atoms with Gasteiger partial charge in [-0.25, -0.2) is 8.42 Å². The van der Waals surface area contributed by atoms with Crippen LogP contribution >= 0.6 is 0 Å². The molecule has 0 spiro atoms. The SMILES string of the molecule is CC[C@H](C)NC(=O)[C@@H](Cc1ccccc1)N(Cc1cccc(OC)c1)C(=O)CN(c1cccc(C)c1C)S(=O)(=O)c1ccccc1. The van der Waals surface area contributed by atoms with Gasteiger partial charge in [0.2, 0.25) is 11.8 Å². The molecule has 0 aliphatic carbocycles. The lowest BCUT2D eigenvalue weighted by Crippen LogP contribution is -2.54. The molecule has 2 atom stereocenters. The normalized spacial score (nSPS) is 12.5. The number of hydrogen-bond donors (Lipinski definition) is 1. The highest BCUT2D eigenvalue weighted by Gasteiger charge is 2.35. The van der Waals surface area contributed by atoms with Crippen LogP contribution in [-0.2, 0) is 32.6 Å². The van der Waals surface area contributed by atoms with Crippen molar-refractivity contribution in [3.8, 4) is 5.75 Å². The molecule has 0 saturated heterocycles. The van der Waals surface area contributed by atoms with Gasteiger partial charge < -0.3 is 15.0 Å². The summed E-state index contributed by atoms with van der Waals surface area (Å²) in [6, 6.07) is 29.2. The fourth-order valence-corrected chi connectivity index (χ4v) is 6.69. The first kappa shape index (κ1) is 34.2. The zero-order valence-electron chi connectivity index (χ0n) is 27.1. The number of methoxy groups -OCH3 is 1. The Bertz CT molecular complexity index is 1730. The van der Waals surface area contributed by atoms with E-state index in [4.69, 9.17) is 4.74 Å². The molecule has 0 aromatic heterocycles. The molecule has 0 bridgehead atoms. The summed E-state index contributed by atoms with van der Waals surface area (Å²) >= 11 is 0. The Hall–Kier alpha value is -4.63. The van der Waals surface area contributed by atoms with Crippen molar-refractivity contribution >= 4 is 27.5 Å². The summed E-state index contributed by atoms with van der Waals surface area (Å²) in [6.45, 7) is 7.20. The van der Waals surface area contributed by atoms with Crippen LogP contribution in [0.25, 0.3) is 0 Å². The van der Waals surface area contributed by atoms with Gasteiger partial charge >= 0.3 is 0 Å². The number of sulfonamides is 1. The first-order chi connectivity index (χ1) is 22.0. The number of aryl methyl sites for hydroxylation is 1. The maximum absolute atomic E-state index is 14.7. The number of carbonyl (C=O) groups is 2. The molecule has 46 heavy (non-hydrogen) atoms. The summed E-state index contributed by atoms with van der Waals surface area (Å²) in [7, 11) is -2.60. The third kappa shape index (κ3) is 8.34. The molecule has 242 valence electrons. The van der Waals surface area contributed by atoms with Gasteiger partial charge in [0.1, 0.15) is 18.3 Å². The summed E-state index contributed by atoms with van der Waals surface area (Å²) in [5, 5.41) is 3.06. The second-order valence-corrected chi connectivity index (χ2v) is 13.3. The molecular formula is C37H43N3O5S. The first-order valence-electron chi connectivity index (χ1n) is 15.5. The van der Waals surface area contributed by atoms with Gasteiger partial charge in [0, 0.05) is 19.0 Å². The van der Waals surface area contributed by atoms with Gasteiger partial charge in [0.15, 0.2) is 0 Å². The van der Waals surface area contributed by atoms with Crippen LogP contribution in [0.2, 0.25) is 0 Å². The van der Waals surface area contributed by atoms with Crippen LogP contribution in [0.1, 0.15) is 42.5 Å². The predicted octanol–water partition coefficient (Wildman–Crippen LogP) is 6.06. The van der Waals surface area contributed by atoms with Crippen LogP contribution in [0.3, 0.4) is 0 Å². The highest BCUT2D eigenvalue weighted by Crippen LogP contribution is 2.29. The number of amides is 2. The summed E-state index contributed by atoms with van der Waals surface area (Å²) in [5.41, 5.74) is 3.65. The minimum Gasteiger partial charge on any atom is -0.497 e. The summed E-state index contributed by atoms with van der Waals surface area (Å²) in [6.07, 6.45) is 0.955. The minimum absolute atomic E-state index is 0.0630. The quantitative estimate of drug-likeness (QED) is 0.181. The largest absolute Gasteiger partial charge is 0.497 e. The highest BCUT2D eigenvalue weighted by molar-refractivity contribution is 7.92. The number of carbonyl (C=O) groups excluding carboxylic acids is 2. The molecule has 0 fully saturated rings. The molecule has 0 aliphatic rings. The van der Waals surface area contributed by atoms with E-state index in [0.717, 1.165) is 26.6 Å². The molecular weight excluding hydrogens is 598 g/mol. The average Bonchev–Trinajstić information content (AvgIpc) is 3.07. The Morgan fingerprint density at radius 1 is 0.848 bits per heavy atom. The lowest BCUT2D eigenvalue weighted by molar-refractivity contribution is -0.140. The number of hydrogen-bond acceptors (Lipinski definition) is 5. The number of rotatable bonds is 14. The van der Waals surface area contributed by atoms with Crippen LogP contribution < -0.4 is 14.4 Å². The van der Waals surface area contributed by atoms with Crippen molar-refractivity contribution in [2.24, 2.45) is 0 Å². The van der Waals surface area contributed by atoms with E-state index in [1.165, 1.54) is 17.0 Å². The van der Waals surface area contributed by atoms with Crippen molar-refractivity contribution in [1.29, 1.82) is 0 Å². The molecule has 2 amide bonds. The molecule has 9 heteroatoms. The van der Waals surface area contributed by atoms with E-state index in [-0.39, 0.29) is 29.8 Å². The van der Waals surface area contributed by atoms with Crippen molar-refractivity contribution in [3.05, 3.63) is 125 Å². The van der Waals surface area contributed by atoms with Crippen molar-refractivity contribution < 1.29 is 22.7 Å². The summed E-state index contributed by atoms with van der Waals surface area (Å²) in [4.78, 5) is 30.2. The molecule has 4 rings (SSSR count). The Morgan fingerprint density at radius 2 is 1.48 bits per heavy atom. The summed E-state index contributed by atoms with van der Waals surface area (Å²) < 4.78 is 35.1. The third-order valence-electron chi connectivity index (χ3n) is 8.21. The Morgan fingerprint density at radius 3 is 2.13 bits per heavy atom. The van der Waals surface area contributed by atoms with Crippen molar-refractivity contribution in [2.75, 3.05) is 18.0 Å². The minimum atomic E-state index is -4.17. The predicted molar refractivity (Wildman–Crippen MR) is 182 cm³/mol. The molecule has 0 heterocycles. The second kappa shape index (κ2) is 15.6. The zero-order valence-corrected chi connectivity index (χ0v) is 28.0. The third-order valence-corrected chi connectivity index (χ3v) is 9.99. The molecule has 0 unspecified atom stereocenters. The first-order valence-corrected chi connectivity index (χ1v) is 16.9. The zero-order chi connectivity index (χ0) is 33.3. The van der Waals surface area contributed by atoms with Gasteiger partial charge in [0.25, 0.3) is 10.0 Å². The van der Waals surface area contributed by atoms with Crippen LogP contribution in [0.15, 0.2) is 108 Å². The fraction of sp³-hybridized carbons (Fsp3) is 0.297. The number of nitrogens with one attached hydrogen (secondary N) is 1. The monoisotopic (exact) mass is 641 g/mol. The molecule has 4 aromatic carbocycles. The standard InChI is InChI=1S/C37H43N3O5S/c1-6-28(3)38-37(42)35(24-30-16-9-7-10-17-30)39(25-31-18-14-19-32(23-31)45-5)36(41)26-40(34-22-13-15-27(2)29(34)4)46(43,44)33-20-11-8-12-21-33/h7-23,28,35H,6,24-26H2,1-5H3,(H,38,42)/t28-,35+/m0/s1. The van der Waals surface area contributed by atoms with Gasteiger partial charge in [0.05, 0.1) is 17.7 Å². The molecule has 8 nitrogen and oxygen atoms in total. The number of benzene rings is 4. The van der Waals surface area contributed by atoms with E-state index >= 15 is 0 Å². The lowest BCUT2D eigenvalue weighted by Gasteiger charge is -2.34. The number of nitrogens with zero attached hydrogens (tertiary/aromatic N) is 2. The molecule has 0 saturated carbocycles. The van der Waals surface area contributed by atoms with Gasteiger partial charge in [-0.2, -0.15) is 0 Å². The van der Waals surface area contributed by atoms with Gasteiger partial charge in [-0.1, -0.05) is 79.7 Å². The Kier molecular flexibility index (Phi) is 11.6. The lowest BCUT2D eigenvalue weighted by atomic mass is 10.0.